The van der Waals surface area contributed by atoms with Crippen LogP contribution in [-0.4, -0.2) is 62.4 Å². The van der Waals surface area contributed by atoms with Gasteiger partial charge in [-0.05, 0) is 30.8 Å². The lowest BCUT2D eigenvalue weighted by atomic mass is 10.2. The summed E-state index contributed by atoms with van der Waals surface area (Å²) in [6, 6.07) is 1.84. The van der Waals surface area contributed by atoms with E-state index >= 15 is 0 Å². The van der Waals surface area contributed by atoms with E-state index in [0.717, 1.165) is 30.9 Å². The van der Waals surface area contributed by atoms with Crippen molar-refractivity contribution >= 4 is 51.4 Å². The number of hydrogen-bond donors (Lipinski definition) is 2. The smallest absolute Gasteiger partial charge is 0.262 e. The summed E-state index contributed by atoms with van der Waals surface area (Å²) in [5.41, 5.74) is 0. The number of halogens is 1. The fourth-order valence-electron chi connectivity index (χ4n) is 2.82. The van der Waals surface area contributed by atoms with Gasteiger partial charge in [0.25, 0.3) is 5.91 Å². The third-order valence-corrected chi connectivity index (χ3v) is 8.02. The van der Waals surface area contributed by atoms with Crippen molar-refractivity contribution in [1.29, 1.82) is 0 Å². The Morgan fingerprint density at radius 3 is 2.79 bits per heavy atom. The van der Waals surface area contributed by atoms with E-state index in [-0.39, 0.29) is 29.3 Å². The van der Waals surface area contributed by atoms with E-state index in [2.05, 4.69) is 10.6 Å². The number of rotatable bonds is 5. The second-order valence-corrected chi connectivity index (χ2v) is 9.68. The number of amides is 1. The highest BCUT2D eigenvalue weighted by Gasteiger charge is 2.31. The van der Waals surface area contributed by atoms with Crippen LogP contribution in [0.1, 0.15) is 22.5 Å². The van der Waals surface area contributed by atoms with E-state index in [1.807, 2.05) is 0 Å². The Bertz CT molecular complexity index is 653. The Balaban J connectivity index is 0.00000208. The Kier molecular flexibility index (Phi) is 7.39. The van der Waals surface area contributed by atoms with Crippen LogP contribution in [0.2, 0.25) is 0 Å². The summed E-state index contributed by atoms with van der Waals surface area (Å²) in [7, 11) is -3.58. The summed E-state index contributed by atoms with van der Waals surface area (Å²) in [5.74, 6) is 1.31. The van der Waals surface area contributed by atoms with E-state index in [1.54, 1.807) is 23.2 Å². The summed E-state index contributed by atoms with van der Waals surface area (Å²) in [6.45, 7) is 2.54. The summed E-state index contributed by atoms with van der Waals surface area (Å²) in [6.07, 6.45) is 2.16. The van der Waals surface area contributed by atoms with Crippen molar-refractivity contribution in [3.63, 3.8) is 0 Å². The van der Waals surface area contributed by atoms with Crippen molar-refractivity contribution in [2.45, 2.75) is 23.8 Å². The SMILES string of the molecule is Cl.O=C(NCC1CCCN1)c1sccc1S(=O)(=O)N1CCSCC1. The molecule has 2 aliphatic heterocycles. The molecule has 1 unspecified atom stereocenters. The van der Waals surface area contributed by atoms with Crippen molar-refractivity contribution in [2.75, 3.05) is 37.7 Å². The Morgan fingerprint density at radius 2 is 2.12 bits per heavy atom. The van der Waals surface area contributed by atoms with E-state index < -0.39 is 10.0 Å². The zero-order chi connectivity index (χ0) is 16.3. The number of hydrogen-bond acceptors (Lipinski definition) is 6. The molecule has 3 heterocycles. The van der Waals surface area contributed by atoms with Gasteiger partial charge in [-0.25, -0.2) is 8.42 Å². The van der Waals surface area contributed by atoms with Gasteiger partial charge < -0.3 is 10.6 Å². The Hall–Kier alpha value is -0.320. The topological polar surface area (TPSA) is 78.5 Å². The highest BCUT2D eigenvalue weighted by atomic mass is 35.5. The van der Waals surface area contributed by atoms with Crippen molar-refractivity contribution in [3.8, 4) is 0 Å². The molecule has 3 rings (SSSR count). The number of thiophene rings is 1. The molecule has 0 saturated carbocycles. The van der Waals surface area contributed by atoms with Crippen LogP contribution in [0, 0.1) is 0 Å². The predicted molar refractivity (Wildman–Crippen MR) is 101 cm³/mol. The van der Waals surface area contributed by atoms with Crippen LogP contribution in [0.5, 0.6) is 0 Å². The molecule has 1 aromatic heterocycles. The third-order valence-electron chi connectivity index (χ3n) is 4.09. The molecule has 6 nitrogen and oxygen atoms in total. The van der Waals surface area contributed by atoms with Crippen LogP contribution in [0.15, 0.2) is 16.3 Å². The monoisotopic (exact) mass is 411 g/mol. The summed E-state index contributed by atoms with van der Waals surface area (Å²) >= 11 is 2.94. The van der Waals surface area contributed by atoms with Crippen LogP contribution < -0.4 is 10.6 Å². The van der Waals surface area contributed by atoms with Gasteiger partial charge in [-0.1, -0.05) is 0 Å². The van der Waals surface area contributed by atoms with Crippen LogP contribution in [-0.2, 0) is 10.0 Å². The fourth-order valence-corrected chi connectivity index (χ4v) is 6.71. The van der Waals surface area contributed by atoms with Crippen molar-refractivity contribution < 1.29 is 13.2 Å². The van der Waals surface area contributed by atoms with Crippen LogP contribution >= 0.6 is 35.5 Å². The lowest BCUT2D eigenvalue weighted by molar-refractivity contribution is 0.0951. The lowest BCUT2D eigenvalue weighted by Gasteiger charge is -2.25. The number of sulfonamides is 1. The molecule has 2 aliphatic rings. The fraction of sp³-hybridized carbons (Fsp3) is 0.643. The highest BCUT2D eigenvalue weighted by molar-refractivity contribution is 7.99. The molecule has 136 valence electrons. The van der Waals surface area contributed by atoms with E-state index in [9.17, 15) is 13.2 Å². The van der Waals surface area contributed by atoms with E-state index in [4.69, 9.17) is 0 Å². The number of nitrogens with zero attached hydrogens (tertiary/aromatic N) is 1. The van der Waals surface area contributed by atoms with Gasteiger partial charge in [0.2, 0.25) is 10.0 Å². The largest absolute Gasteiger partial charge is 0.350 e. The molecule has 1 atom stereocenters. The molecule has 1 aromatic rings. The molecule has 0 radical (unpaired) electrons. The number of thioether (sulfide) groups is 1. The molecule has 2 fully saturated rings. The molecule has 1 amide bonds. The maximum atomic E-state index is 12.8. The minimum Gasteiger partial charge on any atom is -0.350 e. The summed E-state index contributed by atoms with van der Waals surface area (Å²) < 4.78 is 27.0. The van der Waals surface area contributed by atoms with Crippen molar-refractivity contribution in [3.05, 3.63) is 16.3 Å². The predicted octanol–water partition coefficient (Wildman–Crippen LogP) is 1.39. The quantitative estimate of drug-likeness (QED) is 0.765. The van der Waals surface area contributed by atoms with Gasteiger partial charge in [-0.15, -0.1) is 23.7 Å². The maximum absolute atomic E-state index is 12.8. The van der Waals surface area contributed by atoms with E-state index in [0.29, 0.717) is 24.5 Å². The number of carbonyl (C=O) groups excluding carboxylic acids is 1. The molecule has 2 N–H and O–H groups in total. The normalized spacial score (nSPS) is 22.1. The Labute approximate surface area is 157 Å². The summed E-state index contributed by atoms with van der Waals surface area (Å²) in [5, 5.41) is 7.85. The Morgan fingerprint density at radius 1 is 1.38 bits per heavy atom. The summed E-state index contributed by atoms with van der Waals surface area (Å²) in [4.78, 5) is 12.8. The second-order valence-electron chi connectivity index (χ2n) is 5.63. The number of carbonyl (C=O) groups is 1. The molecular weight excluding hydrogens is 390 g/mol. The minimum absolute atomic E-state index is 0. The molecule has 0 aromatic carbocycles. The maximum Gasteiger partial charge on any atom is 0.262 e. The molecule has 0 bridgehead atoms. The highest BCUT2D eigenvalue weighted by Crippen LogP contribution is 2.27. The number of nitrogens with one attached hydrogen (secondary N) is 2. The average Bonchev–Trinajstić information content (AvgIpc) is 3.25. The standard InChI is InChI=1S/C14H21N3O3S3.ClH/c18-14(16-10-11-2-1-4-15-11)13-12(3-7-22-13)23(19,20)17-5-8-21-9-6-17;/h3,7,11,15H,1-2,4-6,8-10H2,(H,16,18);1H. The van der Waals surface area contributed by atoms with Gasteiger partial charge in [-0.3, -0.25) is 4.79 Å². The molecule has 0 aliphatic carbocycles. The molecule has 10 heteroatoms. The zero-order valence-corrected chi connectivity index (χ0v) is 16.5. The van der Waals surface area contributed by atoms with Gasteiger partial charge >= 0.3 is 0 Å². The first kappa shape index (κ1) is 20.0. The van der Waals surface area contributed by atoms with Gasteiger partial charge in [0.05, 0.1) is 0 Å². The van der Waals surface area contributed by atoms with Crippen molar-refractivity contribution in [2.24, 2.45) is 0 Å². The third kappa shape index (κ3) is 4.44. The first-order valence-corrected chi connectivity index (χ1v) is 11.2. The lowest BCUT2D eigenvalue weighted by Crippen LogP contribution is -2.39. The molecule has 2 saturated heterocycles. The van der Waals surface area contributed by atoms with Gasteiger partial charge in [0, 0.05) is 37.2 Å². The second kappa shape index (κ2) is 8.86. The van der Waals surface area contributed by atoms with Crippen molar-refractivity contribution in [1.82, 2.24) is 14.9 Å². The van der Waals surface area contributed by atoms with Gasteiger partial charge in [0.15, 0.2) is 0 Å². The van der Waals surface area contributed by atoms with Crippen LogP contribution in [0.3, 0.4) is 0 Å². The van der Waals surface area contributed by atoms with Gasteiger partial charge in [0.1, 0.15) is 9.77 Å². The zero-order valence-electron chi connectivity index (χ0n) is 13.2. The first-order valence-electron chi connectivity index (χ1n) is 7.76. The average molecular weight is 412 g/mol. The molecule has 24 heavy (non-hydrogen) atoms. The van der Waals surface area contributed by atoms with E-state index in [1.165, 1.54) is 15.6 Å². The molecular formula is C14H22ClN3O3S3. The molecule has 0 spiro atoms. The van der Waals surface area contributed by atoms with Crippen LogP contribution in [0.4, 0.5) is 0 Å². The van der Waals surface area contributed by atoms with Gasteiger partial charge in [-0.2, -0.15) is 16.1 Å². The minimum atomic E-state index is -3.58. The van der Waals surface area contributed by atoms with Crippen LogP contribution in [0.25, 0.3) is 0 Å². The first-order chi connectivity index (χ1) is 11.1.